The number of anilines is 2. The summed E-state index contributed by atoms with van der Waals surface area (Å²) in [6, 6.07) is 9.04. The molecular formula is C19H20F2N2O5S. The van der Waals surface area contributed by atoms with Crippen LogP contribution in [0.15, 0.2) is 42.5 Å². The van der Waals surface area contributed by atoms with E-state index in [1.165, 1.54) is 19.2 Å². The van der Waals surface area contributed by atoms with E-state index in [2.05, 4.69) is 10.1 Å². The lowest BCUT2D eigenvalue weighted by atomic mass is 10.1. The van der Waals surface area contributed by atoms with Gasteiger partial charge in [-0.25, -0.2) is 22.0 Å². The lowest BCUT2D eigenvalue weighted by molar-refractivity contribution is -0.116. The Kier molecular flexibility index (Phi) is 7.27. The van der Waals surface area contributed by atoms with Crippen LogP contribution < -0.4 is 9.62 Å². The minimum absolute atomic E-state index is 0.0390. The molecule has 0 aliphatic rings. The van der Waals surface area contributed by atoms with E-state index in [4.69, 9.17) is 0 Å². The number of methoxy groups -OCH3 is 1. The number of ether oxygens (including phenoxy) is 1. The van der Waals surface area contributed by atoms with Gasteiger partial charge in [-0.15, -0.1) is 0 Å². The van der Waals surface area contributed by atoms with Gasteiger partial charge in [0.25, 0.3) is 0 Å². The van der Waals surface area contributed by atoms with Gasteiger partial charge in [0.05, 0.1) is 30.3 Å². The summed E-state index contributed by atoms with van der Waals surface area (Å²) in [4.78, 5) is 23.9. The number of benzene rings is 2. The van der Waals surface area contributed by atoms with E-state index in [-0.39, 0.29) is 36.3 Å². The maximum Gasteiger partial charge on any atom is 0.339 e. The Hall–Kier alpha value is -3.01. The van der Waals surface area contributed by atoms with Gasteiger partial charge in [-0.2, -0.15) is 0 Å². The third-order valence-corrected chi connectivity index (χ3v) is 5.16. The zero-order valence-corrected chi connectivity index (χ0v) is 16.6. The van der Waals surface area contributed by atoms with E-state index < -0.39 is 33.5 Å². The highest BCUT2D eigenvalue weighted by Gasteiger charge is 2.19. The fraction of sp³-hybridized carbons (Fsp3) is 0.263. The molecule has 0 spiro atoms. The molecule has 0 unspecified atom stereocenters. The first-order valence-electron chi connectivity index (χ1n) is 8.53. The molecule has 0 fully saturated rings. The number of sulfonamides is 1. The van der Waals surface area contributed by atoms with Crippen molar-refractivity contribution in [2.24, 2.45) is 0 Å². The van der Waals surface area contributed by atoms with Crippen LogP contribution in [0.1, 0.15) is 23.2 Å². The van der Waals surface area contributed by atoms with Crippen molar-refractivity contribution >= 4 is 33.3 Å². The Balaban J connectivity index is 2.04. The molecule has 0 saturated carbocycles. The topological polar surface area (TPSA) is 92.8 Å². The van der Waals surface area contributed by atoms with Crippen molar-refractivity contribution in [3.63, 3.8) is 0 Å². The maximum atomic E-state index is 13.5. The van der Waals surface area contributed by atoms with Gasteiger partial charge in [0.2, 0.25) is 15.9 Å². The van der Waals surface area contributed by atoms with Crippen LogP contribution in [0.4, 0.5) is 20.2 Å². The minimum Gasteiger partial charge on any atom is -0.465 e. The smallest absolute Gasteiger partial charge is 0.339 e. The normalized spacial score (nSPS) is 11.0. The zero-order chi connectivity index (χ0) is 21.6. The summed E-state index contributed by atoms with van der Waals surface area (Å²) in [6.45, 7) is -0.115. The largest absolute Gasteiger partial charge is 0.465 e. The molecule has 1 N–H and O–H groups in total. The average Bonchev–Trinajstić information content (AvgIpc) is 2.66. The molecule has 1 amide bonds. The Morgan fingerprint density at radius 2 is 1.79 bits per heavy atom. The minimum atomic E-state index is -3.77. The Morgan fingerprint density at radius 1 is 1.10 bits per heavy atom. The number of hydrogen-bond acceptors (Lipinski definition) is 5. The number of para-hydroxylation sites is 1. The van der Waals surface area contributed by atoms with Gasteiger partial charge >= 0.3 is 5.97 Å². The van der Waals surface area contributed by atoms with Crippen molar-refractivity contribution in [1.29, 1.82) is 0 Å². The molecule has 0 saturated heterocycles. The predicted molar refractivity (Wildman–Crippen MR) is 104 cm³/mol. The van der Waals surface area contributed by atoms with Gasteiger partial charge in [-0.1, -0.05) is 12.1 Å². The summed E-state index contributed by atoms with van der Waals surface area (Å²) in [5, 5.41) is 2.58. The number of esters is 1. The van der Waals surface area contributed by atoms with E-state index in [0.29, 0.717) is 0 Å². The second-order valence-electron chi connectivity index (χ2n) is 6.12. The highest BCUT2D eigenvalue weighted by atomic mass is 32.2. The van der Waals surface area contributed by atoms with Gasteiger partial charge in [0.1, 0.15) is 0 Å². The molecule has 0 aliphatic carbocycles. The average molecular weight is 426 g/mol. The van der Waals surface area contributed by atoms with Crippen molar-refractivity contribution in [1.82, 2.24) is 0 Å². The van der Waals surface area contributed by atoms with Crippen LogP contribution in [0.2, 0.25) is 0 Å². The van der Waals surface area contributed by atoms with Crippen molar-refractivity contribution < 1.29 is 31.5 Å². The Labute approximate surface area is 167 Å². The van der Waals surface area contributed by atoms with Crippen LogP contribution in [-0.2, 0) is 19.6 Å². The summed E-state index contributed by atoms with van der Waals surface area (Å²) in [5.74, 6) is -3.32. The van der Waals surface area contributed by atoms with Gasteiger partial charge in [-0.05, 0) is 30.7 Å². The molecular weight excluding hydrogens is 406 g/mol. The lowest BCUT2D eigenvalue weighted by Gasteiger charge is -2.22. The summed E-state index contributed by atoms with van der Waals surface area (Å²) in [6.07, 6.45) is 0.977. The third-order valence-electron chi connectivity index (χ3n) is 3.96. The molecule has 29 heavy (non-hydrogen) atoms. The van der Waals surface area contributed by atoms with Crippen LogP contribution >= 0.6 is 0 Å². The SMILES string of the molecule is COC(=O)c1ccccc1NC(=O)CCCN(c1ccc(F)c(F)c1)S(C)(=O)=O. The van der Waals surface area contributed by atoms with E-state index in [9.17, 15) is 26.8 Å². The molecule has 0 aromatic heterocycles. The van der Waals surface area contributed by atoms with E-state index >= 15 is 0 Å². The van der Waals surface area contributed by atoms with Crippen LogP contribution in [0.5, 0.6) is 0 Å². The lowest BCUT2D eigenvalue weighted by Crippen LogP contribution is -2.31. The molecule has 0 heterocycles. The summed E-state index contributed by atoms with van der Waals surface area (Å²) < 4.78 is 56.1. The number of carbonyl (C=O) groups excluding carboxylic acids is 2. The first kappa shape index (κ1) is 22.3. The number of halogens is 2. The first-order valence-corrected chi connectivity index (χ1v) is 10.4. The van der Waals surface area contributed by atoms with Gasteiger partial charge in [0, 0.05) is 19.0 Å². The van der Waals surface area contributed by atoms with Crippen LogP contribution in [0.3, 0.4) is 0 Å². The van der Waals surface area contributed by atoms with E-state index in [1.54, 1.807) is 12.1 Å². The third kappa shape index (κ3) is 5.98. The molecule has 0 bridgehead atoms. The number of carbonyl (C=O) groups is 2. The predicted octanol–water partition coefficient (Wildman–Crippen LogP) is 2.94. The molecule has 156 valence electrons. The van der Waals surface area contributed by atoms with Gasteiger partial charge < -0.3 is 10.1 Å². The van der Waals surface area contributed by atoms with Crippen LogP contribution in [0.25, 0.3) is 0 Å². The van der Waals surface area contributed by atoms with Crippen molar-refractivity contribution in [3.8, 4) is 0 Å². The molecule has 10 heteroatoms. The summed E-state index contributed by atoms with van der Waals surface area (Å²) in [5.41, 5.74) is 0.413. The zero-order valence-electron chi connectivity index (χ0n) is 15.8. The molecule has 0 radical (unpaired) electrons. The second-order valence-corrected chi connectivity index (χ2v) is 8.03. The number of amides is 1. The first-order chi connectivity index (χ1) is 13.6. The fourth-order valence-corrected chi connectivity index (χ4v) is 3.56. The highest BCUT2D eigenvalue weighted by Crippen LogP contribution is 2.21. The highest BCUT2D eigenvalue weighted by molar-refractivity contribution is 7.92. The van der Waals surface area contributed by atoms with Crippen LogP contribution in [-0.4, -0.2) is 40.2 Å². The van der Waals surface area contributed by atoms with Crippen molar-refractivity contribution in [3.05, 3.63) is 59.7 Å². The summed E-state index contributed by atoms with van der Waals surface area (Å²) in [7, 11) is -2.55. The number of nitrogens with zero attached hydrogens (tertiary/aromatic N) is 1. The maximum absolute atomic E-state index is 13.5. The molecule has 7 nitrogen and oxygen atoms in total. The van der Waals surface area contributed by atoms with E-state index in [1.807, 2.05) is 0 Å². The monoisotopic (exact) mass is 426 g/mol. The standard InChI is InChI=1S/C19H20F2N2O5S/c1-28-19(25)14-6-3-4-7-17(14)22-18(24)8-5-11-23(29(2,26)27)13-9-10-15(20)16(21)12-13/h3-4,6-7,9-10,12H,5,8,11H2,1-2H3,(H,22,24). The number of nitrogens with one attached hydrogen (secondary N) is 1. The second kappa shape index (κ2) is 9.46. The molecule has 2 rings (SSSR count). The van der Waals surface area contributed by atoms with Gasteiger partial charge in [0.15, 0.2) is 11.6 Å². The molecule has 0 aliphatic heterocycles. The Bertz CT molecular complexity index is 1010. The molecule has 0 atom stereocenters. The van der Waals surface area contributed by atoms with Crippen LogP contribution in [0, 0.1) is 11.6 Å². The summed E-state index contributed by atoms with van der Waals surface area (Å²) >= 11 is 0. The van der Waals surface area contributed by atoms with Crippen molar-refractivity contribution in [2.75, 3.05) is 29.5 Å². The fourth-order valence-electron chi connectivity index (χ4n) is 2.60. The Morgan fingerprint density at radius 3 is 2.41 bits per heavy atom. The molecule has 2 aromatic rings. The van der Waals surface area contributed by atoms with E-state index in [0.717, 1.165) is 28.8 Å². The number of hydrogen-bond donors (Lipinski definition) is 1. The number of rotatable bonds is 8. The van der Waals surface area contributed by atoms with Crippen molar-refractivity contribution in [2.45, 2.75) is 12.8 Å². The quantitative estimate of drug-likeness (QED) is 0.655. The van der Waals surface area contributed by atoms with Gasteiger partial charge in [-0.3, -0.25) is 9.10 Å². The molecule has 2 aromatic carbocycles.